The fourth-order valence-electron chi connectivity index (χ4n) is 2.48. The number of hydrogen-bond acceptors (Lipinski definition) is 3. The van der Waals surface area contributed by atoms with Gasteiger partial charge in [-0.25, -0.2) is 4.98 Å². The third-order valence-corrected chi connectivity index (χ3v) is 3.72. The molecule has 1 aromatic rings. The van der Waals surface area contributed by atoms with Gasteiger partial charge in [0.05, 0.1) is 0 Å². The number of H-pyrrole nitrogens is 1. The van der Waals surface area contributed by atoms with Crippen LogP contribution in [0.2, 0.25) is 0 Å². The largest absolute Gasteiger partial charge is 0.347 e. The van der Waals surface area contributed by atoms with Crippen molar-refractivity contribution < 1.29 is 4.79 Å². The number of nitrogens with one attached hydrogen (secondary N) is 2. The van der Waals surface area contributed by atoms with E-state index < -0.39 is 0 Å². The molecule has 5 nitrogen and oxygen atoms in total. The zero-order valence-corrected chi connectivity index (χ0v) is 11.4. The van der Waals surface area contributed by atoms with Gasteiger partial charge in [-0.2, -0.15) is 0 Å². The topological polar surface area (TPSA) is 70.7 Å². The van der Waals surface area contributed by atoms with E-state index in [4.69, 9.17) is 0 Å². The predicted molar refractivity (Wildman–Crippen MR) is 69.4 cm³/mol. The van der Waals surface area contributed by atoms with E-state index in [0.29, 0.717) is 5.92 Å². The van der Waals surface area contributed by atoms with Crippen LogP contribution < -0.4 is 5.32 Å². The molecule has 1 saturated carbocycles. The van der Waals surface area contributed by atoms with Gasteiger partial charge in [0.1, 0.15) is 5.82 Å². The molecule has 1 atom stereocenters. The summed E-state index contributed by atoms with van der Waals surface area (Å²) in [5, 5.41) is 9.78. The first kappa shape index (κ1) is 13.1. The molecule has 1 aliphatic carbocycles. The first-order valence-electron chi connectivity index (χ1n) is 6.81. The van der Waals surface area contributed by atoms with Gasteiger partial charge in [0.2, 0.25) is 5.82 Å². The number of carbonyl (C=O) groups excluding carboxylic acids is 1. The first-order valence-corrected chi connectivity index (χ1v) is 6.81. The average Bonchev–Trinajstić information content (AvgIpc) is 3.00. The molecule has 2 rings (SSSR count). The van der Waals surface area contributed by atoms with Crippen molar-refractivity contribution in [3.63, 3.8) is 0 Å². The highest BCUT2D eigenvalue weighted by Gasteiger charge is 2.24. The van der Waals surface area contributed by atoms with E-state index in [1.165, 1.54) is 25.7 Å². The Morgan fingerprint density at radius 2 is 2.00 bits per heavy atom. The highest BCUT2D eigenvalue weighted by molar-refractivity contribution is 5.90. The van der Waals surface area contributed by atoms with Crippen LogP contribution in [0.4, 0.5) is 0 Å². The van der Waals surface area contributed by atoms with Crippen molar-refractivity contribution in [1.29, 1.82) is 0 Å². The smallest absolute Gasteiger partial charge is 0.291 e. The maximum atomic E-state index is 12.0. The minimum Gasteiger partial charge on any atom is -0.347 e. The molecule has 5 heteroatoms. The Morgan fingerprint density at radius 3 is 2.56 bits per heavy atom. The van der Waals surface area contributed by atoms with E-state index in [0.717, 1.165) is 5.82 Å². The van der Waals surface area contributed by atoms with E-state index in [9.17, 15) is 4.79 Å². The summed E-state index contributed by atoms with van der Waals surface area (Å²) in [5.41, 5.74) is 0. The number of amides is 1. The van der Waals surface area contributed by atoms with Gasteiger partial charge in [0, 0.05) is 12.0 Å². The maximum absolute atomic E-state index is 12.0. The SMILES string of the molecule is CC(C)c1nc(C(=O)NC(C)C2CCCC2)n[nH]1. The highest BCUT2D eigenvalue weighted by Crippen LogP contribution is 2.27. The van der Waals surface area contributed by atoms with Crippen LogP contribution in [0.15, 0.2) is 0 Å². The monoisotopic (exact) mass is 250 g/mol. The van der Waals surface area contributed by atoms with Gasteiger partial charge in [-0.1, -0.05) is 26.7 Å². The van der Waals surface area contributed by atoms with Crippen LogP contribution in [0.3, 0.4) is 0 Å². The van der Waals surface area contributed by atoms with Gasteiger partial charge >= 0.3 is 0 Å². The Morgan fingerprint density at radius 1 is 1.33 bits per heavy atom. The van der Waals surface area contributed by atoms with Gasteiger partial charge < -0.3 is 5.32 Å². The summed E-state index contributed by atoms with van der Waals surface area (Å²) in [6, 6.07) is 0.209. The zero-order valence-electron chi connectivity index (χ0n) is 11.4. The Bertz CT molecular complexity index is 407. The summed E-state index contributed by atoms with van der Waals surface area (Å²) in [4.78, 5) is 16.2. The quantitative estimate of drug-likeness (QED) is 0.861. The minimum atomic E-state index is -0.169. The van der Waals surface area contributed by atoms with Gasteiger partial charge in [0.15, 0.2) is 0 Å². The highest BCUT2D eigenvalue weighted by atomic mass is 16.2. The van der Waals surface area contributed by atoms with Crippen LogP contribution >= 0.6 is 0 Å². The molecule has 0 radical (unpaired) electrons. The van der Waals surface area contributed by atoms with Crippen LogP contribution in [0.5, 0.6) is 0 Å². The summed E-state index contributed by atoms with van der Waals surface area (Å²) in [7, 11) is 0. The Hall–Kier alpha value is -1.39. The molecule has 1 amide bonds. The molecule has 1 aromatic heterocycles. The summed E-state index contributed by atoms with van der Waals surface area (Å²) < 4.78 is 0. The van der Waals surface area contributed by atoms with Crippen molar-refractivity contribution >= 4 is 5.91 Å². The van der Waals surface area contributed by atoms with E-state index in [2.05, 4.69) is 27.4 Å². The molecule has 0 aromatic carbocycles. The van der Waals surface area contributed by atoms with Crippen LogP contribution in [0, 0.1) is 5.92 Å². The second kappa shape index (κ2) is 5.50. The van der Waals surface area contributed by atoms with Crippen LogP contribution in [0.25, 0.3) is 0 Å². The van der Waals surface area contributed by atoms with Crippen molar-refractivity contribution in [2.45, 2.75) is 58.4 Å². The molecule has 1 fully saturated rings. The van der Waals surface area contributed by atoms with Crippen molar-refractivity contribution in [3.8, 4) is 0 Å². The molecule has 100 valence electrons. The predicted octanol–water partition coefficient (Wildman–Crippen LogP) is 2.24. The summed E-state index contributed by atoms with van der Waals surface area (Å²) in [6.07, 6.45) is 4.99. The lowest BCUT2D eigenvalue weighted by atomic mass is 10.00. The minimum absolute atomic E-state index is 0.169. The summed E-state index contributed by atoms with van der Waals surface area (Å²) in [6.45, 7) is 6.11. The number of hydrogen-bond donors (Lipinski definition) is 2. The Labute approximate surface area is 108 Å². The maximum Gasteiger partial charge on any atom is 0.291 e. The summed E-state index contributed by atoms with van der Waals surface area (Å²) in [5.74, 6) is 1.71. The molecule has 1 aliphatic rings. The second-order valence-electron chi connectivity index (χ2n) is 5.51. The Balaban J connectivity index is 1.93. The van der Waals surface area contributed by atoms with Gasteiger partial charge in [-0.05, 0) is 25.7 Å². The molecule has 2 N–H and O–H groups in total. The fraction of sp³-hybridized carbons (Fsp3) is 0.769. The van der Waals surface area contributed by atoms with Crippen molar-refractivity contribution in [1.82, 2.24) is 20.5 Å². The average molecular weight is 250 g/mol. The lowest BCUT2D eigenvalue weighted by molar-refractivity contribution is 0.0917. The lowest BCUT2D eigenvalue weighted by Gasteiger charge is -2.19. The van der Waals surface area contributed by atoms with Crippen molar-refractivity contribution in [2.75, 3.05) is 0 Å². The van der Waals surface area contributed by atoms with Crippen LogP contribution in [-0.2, 0) is 0 Å². The molecular formula is C13H22N4O. The summed E-state index contributed by atoms with van der Waals surface area (Å²) >= 11 is 0. The molecular weight excluding hydrogens is 228 g/mol. The second-order valence-corrected chi connectivity index (χ2v) is 5.51. The molecule has 0 saturated heterocycles. The molecule has 0 spiro atoms. The first-order chi connectivity index (χ1) is 8.58. The van der Waals surface area contributed by atoms with E-state index in [1.807, 2.05) is 13.8 Å². The van der Waals surface area contributed by atoms with Gasteiger partial charge in [0.25, 0.3) is 5.91 Å². The van der Waals surface area contributed by atoms with Crippen molar-refractivity contribution in [2.24, 2.45) is 5.92 Å². The number of carbonyl (C=O) groups is 1. The van der Waals surface area contributed by atoms with Crippen LogP contribution in [-0.4, -0.2) is 27.1 Å². The molecule has 18 heavy (non-hydrogen) atoms. The zero-order chi connectivity index (χ0) is 13.1. The third kappa shape index (κ3) is 2.89. The van der Waals surface area contributed by atoms with E-state index >= 15 is 0 Å². The third-order valence-electron chi connectivity index (χ3n) is 3.72. The molecule has 0 bridgehead atoms. The molecule has 1 heterocycles. The van der Waals surface area contributed by atoms with Gasteiger partial charge in [-0.15, -0.1) is 5.10 Å². The lowest BCUT2D eigenvalue weighted by Crippen LogP contribution is -2.37. The number of aromatic nitrogens is 3. The van der Waals surface area contributed by atoms with Crippen molar-refractivity contribution in [3.05, 3.63) is 11.6 Å². The number of nitrogens with zero attached hydrogens (tertiary/aromatic N) is 2. The fourth-order valence-corrected chi connectivity index (χ4v) is 2.48. The van der Waals surface area contributed by atoms with E-state index in [1.54, 1.807) is 0 Å². The number of rotatable bonds is 4. The van der Waals surface area contributed by atoms with E-state index in [-0.39, 0.29) is 23.7 Å². The normalized spacial score (nSPS) is 18.2. The number of aromatic amines is 1. The molecule has 0 aliphatic heterocycles. The molecule has 1 unspecified atom stereocenters. The standard InChI is InChI=1S/C13H22N4O/c1-8(2)11-15-12(17-16-11)13(18)14-9(3)10-6-4-5-7-10/h8-10H,4-7H2,1-3H3,(H,14,18)(H,15,16,17). The Kier molecular flexibility index (Phi) is 3.99. The van der Waals surface area contributed by atoms with Crippen LogP contribution in [0.1, 0.15) is 68.8 Å². The van der Waals surface area contributed by atoms with Gasteiger partial charge in [-0.3, -0.25) is 9.89 Å².